The molecule has 1 heterocycles. The molecule has 2 aliphatic rings. The van der Waals surface area contributed by atoms with Crippen molar-refractivity contribution in [2.75, 3.05) is 14.1 Å². The summed E-state index contributed by atoms with van der Waals surface area (Å²) in [6.07, 6.45) is 5.39. The van der Waals surface area contributed by atoms with Crippen LogP contribution in [0.4, 0.5) is 0 Å². The van der Waals surface area contributed by atoms with E-state index >= 15 is 0 Å². The summed E-state index contributed by atoms with van der Waals surface area (Å²) in [6.45, 7) is 0.604. The van der Waals surface area contributed by atoms with Gasteiger partial charge in [0.2, 0.25) is 0 Å². The van der Waals surface area contributed by atoms with E-state index in [0.29, 0.717) is 24.1 Å². The first kappa shape index (κ1) is 17.0. The van der Waals surface area contributed by atoms with Crippen LogP contribution in [0.5, 0.6) is 0 Å². The SMILES string of the molecule is CN(C)C(=O)c1cccc(CN2[C@@H]3CCCC[C@@H]3C[C@H]2C(=O)O)c1. The van der Waals surface area contributed by atoms with Gasteiger partial charge in [-0.25, -0.2) is 0 Å². The summed E-state index contributed by atoms with van der Waals surface area (Å²) >= 11 is 0. The van der Waals surface area contributed by atoms with Crippen LogP contribution in [0.2, 0.25) is 0 Å². The fourth-order valence-corrected chi connectivity index (χ4v) is 4.29. The highest BCUT2D eigenvalue weighted by Crippen LogP contribution is 2.40. The third-order valence-electron chi connectivity index (χ3n) is 5.45. The molecule has 1 aromatic carbocycles. The summed E-state index contributed by atoms with van der Waals surface area (Å²) in [5, 5.41) is 9.62. The zero-order valence-corrected chi connectivity index (χ0v) is 14.4. The van der Waals surface area contributed by atoms with Crippen LogP contribution in [-0.4, -0.2) is 53.0 Å². The summed E-state index contributed by atoms with van der Waals surface area (Å²) in [4.78, 5) is 27.6. The minimum atomic E-state index is -0.718. The fourth-order valence-electron chi connectivity index (χ4n) is 4.29. The number of carbonyl (C=O) groups is 2. The lowest BCUT2D eigenvalue weighted by molar-refractivity contribution is -0.142. The molecule has 0 unspecified atom stereocenters. The maximum atomic E-state index is 12.2. The number of aliphatic carboxylic acids is 1. The summed E-state index contributed by atoms with van der Waals surface area (Å²) in [5.41, 5.74) is 1.67. The number of rotatable bonds is 4. The molecule has 1 amide bonds. The van der Waals surface area contributed by atoms with E-state index in [1.807, 2.05) is 24.3 Å². The Hall–Kier alpha value is -1.88. The predicted molar refractivity (Wildman–Crippen MR) is 91.8 cm³/mol. The quantitative estimate of drug-likeness (QED) is 0.922. The predicted octanol–water partition coefficient (Wildman–Crippen LogP) is 2.61. The molecule has 2 fully saturated rings. The number of likely N-dealkylation sites (tertiary alicyclic amines) is 1. The highest BCUT2D eigenvalue weighted by atomic mass is 16.4. The Labute approximate surface area is 143 Å². The molecule has 0 spiro atoms. The van der Waals surface area contributed by atoms with Crippen molar-refractivity contribution >= 4 is 11.9 Å². The van der Waals surface area contributed by atoms with Crippen molar-refractivity contribution in [3.8, 4) is 0 Å². The van der Waals surface area contributed by atoms with Crippen LogP contribution in [0.15, 0.2) is 24.3 Å². The highest BCUT2D eigenvalue weighted by Gasteiger charge is 2.44. The van der Waals surface area contributed by atoms with E-state index in [2.05, 4.69) is 4.90 Å². The van der Waals surface area contributed by atoms with E-state index in [-0.39, 0.29) is 5.91 Å². The molecule has 1 N–H and O–H groups in total. The van der Waals surface area contributed by atoms with Crippen LogP contribution in [0, 0.1) is 5.92 Å². The van der Waals surface area contributed by atoms with E-state index in [4.69, 9.17) is 0 Å². The fraction of sp³-hybridized carbons (Fsp3) is 0.579. The molecule has 3 rings (SSSR count). The molecule has 24 heavy (non-hydrogen) atoms. The molecule has 5 heteroatoms. The smallest absolute Gasteiger partial charge is 0.320 e. The van der Waals surface area contributed by atoms with Gasteiger partial charge in [-0.1, -0.05) is 25.0 Å². The molecule has 0 radical (unpaired) electrons. The molecule has 1 aliphatic carbocycles. The average molecular weight is 330 g/mol. The van der Waals surface area contributed by atoms with Crippen LogP contribution in [0.1, 0.15) is 48.0 Å². The summed E-state index contributed by atoms with van der Waals surface area (Å²) in [6, 6.07) is 7.56. The number of amides is 1. The summed E-state index contributed by atoms with van der Waals surface area (Å²) < 4.78 is 0. The maximum Gasteiger partial charge on any atom is 0.320 e. The number of hydrogen-bond acceptors (Lipinski definition) is 3. The Kier molecular flexibility index (Phi) is 4.90. The Bertz CT molecular complexity index is 629. The van der Waals surface area contributed by atoms with Gasteiger partial charge in [0.05, 0.1) is 0 Å². The van der Waals surface area contributed by atoms with Gasteiger partial charge in [0.15, 0.2) is 0 Å². The number of carboxylic acid groups (broad SMARTS) is 1. The molecule has 1 saturated carbocycles. The van der Waals surface area contributed by atoms with Gasteiger partial charge in [0.25, 0.3) is 5.91 Å². The molecule has 3 atom stereocenters. The van der Waals surface area contributed by atoms with Crippen molar-refractivity contribution in [3.05, 3.63) is 35.4 Å². The second-order valence-electron chi connectivity index (χ2n) is 7.27. The molecule has 0 bridgehead atoms. The first-order chi connectivity index (χ1) is 11.5. The van der Waals surface area contributed by atoms with E-state index in [1.165, 1.54) is 12.8 Å². The minimum Gasteiger partial charge on any atom is -0.480 e. The van der Waals surface area contributed by atoms with Crippen LogP contribution >= 0.6 is 0 Å². The van der Waals surface area contributed by atoms with Crippen LogP contribution in [0.25, 0.3) is 0 Å². The lowest BCUT2D eigenvalue weighted by atomic mass is 9.84. The van der Waals surface area contributed by atoms with Gasteiger partial charge in [-0.3, -0.25) is 14.5 Å². The van der Waals surface area contributed by atoms with Gasteiger partial charge in [-0.2, -0.15) is 0 Å². The molecule has 5 nitrogen and oxygen atoms in total. The number of carbonyl (C=O) groups excluding carboxylic acids is 1. The zero-order valence-electron chi connectivity index (χ0n) is 14.4. The van der Waals surface area contributed by atoms with Crippen molar-refractivity contribution in [1.82, 2.24) is 9.80 Å². The summed E-state index contributed by atoms with van der Waals surface area (Å²) in [7, 11) is 3.48. The first-order valence-corrected chi connectivity index (χ1v) is 8.76. The molecule has 1 saturated heterocycles. The molecule has 1 aliphatic heterocycles. The summed E-state index contributed by atoms with van der Waals surface area (Å²) in [5.74, 6) is -0.236. The topological polar surface area (TPSA) is 60.9 Å². The van der Waals surface area contributed by atoms with Crippen LogP contribution < -0.4 is 0 Å². The normalized spacial score (nSPS) is 26.8. The number of hydrogen-bond donors (Lipinski definition) is 1. The van der Waals surface area contributed by atoms with Crippen LogP contribution in [0.3, 0.4) is 0 Å². The zero-order chi connectivity index (χ0) is 17.3. The van der Waals surface area contributed by atoms with Gasteiger partial charge in [-0.15, -0.1) is 0 Å². The van der Waals surface area contributed by atoms with Crippen molar-refractivity contribution in [2.45, 2.75) is 50.7 Å². The highest BCUT2D eigenvalue weighted by molar-refractivity contribution is 5.94. The number of benzene rings is 1. The van der Waals surface area contributed by atoms with Gasteiger partial charge < -0.3 is 10.0 Å². The van der Waals surface area contributed by atoms with Crippen molar-refractivity contribution < 1.29 is 14.7 Å². The first-order valence-electron chi connectivity index (χ1n) is 8.76. The van der Waals surface area contributed by atoms with Gasteiger partial charge in [0.1, 0.15) is 6.04 Å². The molecular formula is C19H26N2O3. The number of carboxylic acids is 1. The minimum absolute atomic E-state index is 0.0244. The standard InChI is InChI=1S/C19H26N2O3/c1-20(2)18(22)15-8-5-6-13(10-15)12-21-16-9-4-3-7-14(16)11-17(21)19(23)24/h5-6,8,10,14,16-17H,3-4,7,9,11-12H2,1-2H3,(H,23,24)/t14-,16-,17+/m1/s1. The van der Waals surface area contributed by atoms with Crippen molar-refractivity contribution in [3.63, 3.8) is 0 Å². The van der Waals surface area contributed by atoms with Crippen molar-refractivity contribution in [2.24, 2.45) is 5.92 Å². The molecule has 1 aromatic rings. The molecule has 0 aromatic heterocycles. The van der Waals surface area contributed by atoms with Crippen molar-refractivity contribution in [1.29, 1.82) is 0 Å². The van der Waals surface area contributed by atoms with Gasteiger partial charge >= 0.3 is 5.97 Å². The molecular weight excluding hydrogens is 304 g/mol. The van der Waals surface area contributed by atoms with Gasteiger partial charge in [-0.05, 0) is 42.9 Å². The van der Waals surface area contributed by atoms with Gasteiger partial charge in [0, 0.05) is 32.2 Å². The van der Waals surface area contributed by atoms with Crippen LogP contribution in [-0.2, 0) is 11.3 Å². The second-order valence-corrected chi connectivity index (χ2v) is 7.27. The number of nitrogens with zero attached hydrogens (tertiary/aromatic N) is 2. The Morgan fingerprint density at radius 2 is 2.00 bits per heavy atom. The largest absolute Gasteiger partial charge is 0.480 e. The lowest BCUT2D eigenvalue weighted by Crippen LogP contribution is -2.41. The Balaban J connectivity index is 1.81. The maximum absolute atomic E-state index is 12.2. The number of fused-ring (bicyclic) bond motifs is 1. The third-order valence-corrected chi connectivity index (χ3v) is 5.45. The Morgan fingerprint density at radius 1 is 1.25 bits per heavy atom. The monoisotopic (exact) mass is 330 g/mol. The van der Waals surface area contributed by atoms with E-state index < -0.39 is 12.0 Å². The van der Waals surface area contributed by atoms with E-state index in [1.54, 1.807) is 19.0 Å². The second kappa shape index (κ2) is 6.93. The average Bonchev–Trinajstić information content (AvgIpc) is 2.93. The third kappa shape index (κ3) is 3.31. The Morgan fingerprint density at radius 3 is 2.71 bits per heavy atom. The lowest BCUT2D eigenvalue weighted by Gasteiger charge is -2.33. The van der Waals surface area contributed by atoms with E-state index in [0.717, 1.165) is 24.8 Å². The molecule has 130 valence electrons. The van der Waals surface area contributed by atoms with E-state index in [9.17, 15) is 14.7 Å².